The number of carbonyl (C=O) groups excluding carboxylic acids is 1. The monoisotopic (exact) mass is 273 g/mol. The minimum Gasteiger partial charge on any atom is -0.324 e. The number of benzene rings is 1. The molecule has 4 nitrogen and oxygen atoms in total. The molecule has 0 saturated heterocycles. The third kappa shape index (κ3) is 3.31. The molecule has 0 radical (unpaired) electrons. The number of amides is 2. The molecule has 2 fully saturated rings. The van der Waals surface area contributed by atoms with Gasteiger partial charge in [-0.2, -0.15) is 0 Å². The van der Waals surface area contributed by atoms with Crippen LogP contribution in [0.15, 0.2) is 24.3 Å². The zero-order valence-electron chi connectivity index (χ0n) is 12.0. The summed E-state index contributed by atoms with van der Waals surface area (Å²) in [4.78, 5) is 14.4. The molecule has 0 aliphatic heterocycles. The summed E-state index contributed by atoms with van der Waals surface area (Å²) in [6.45, 7) is 2.87. The molecule has 2 aliphatic carbocycles. The van der Waals surface area contributed by atoms with Crippen molar-refractivity contribution in [2.45, 2.75) is 44.7 Å². The van der Waals surface area contributed by atoms with Gasteiger partial charge in [0, 0.05) is 24.3 Å². The molecule has 3 N–H and O–H groups in total. The Labute approximate surface area is 120 Å². The summed E-state index contributed by atoms with van der Waals surface area (Å²) >= 11 is 0. The second-order valence-corrected chi connectivity index (χ2v) is 6.17. The second kappa shape index (κ2) is 5.44. The zero-order valence-corrected chi connectivity index (χ0v) is 12.0. The summed E-state index contributed by atoms with van der Waals surface area (Å²) in [6, 6.07) is 8.31. The molecule has 4 heteroatoms. The summed E-state index contributed by atoms with van der Waals surface area (Å²) in [5.74, 6) is 0.733. The van der Waals surface area contributed by atoms with Crippen LogP contribution in [-0.4, -0.2) is 23.5 Å². The van der Waals surface area contributed by atoms with Crippen LogP contribution in [0.5, 0.6) is 0 Å². The Morgan fingerprint density at radius 3 is 2.75 bits per heavy atom. The Kier molecular flexibility index (Phi) is 3.66. The maximum Gasteiger partial charge on any atom is 0.322 e. The first-order valence-electron chi connectivity index (χ1n) is 7.56. The van der Waals surface area contributed by atoms with Crippen molar-refractivity contribution in [1.82, 2.24) is 4.90 Å². The van der Waals surface area contributed by atoms with Crippen LogP contribution in [0, 0.1) is 5.92 Å². The van der Waals surface area contributed by atoms with Gasteiger partial charge in [0.1, 0.15) is 0 Å². The first-order valence-corrected chi connectivity index (χ1v) is 7.56. The minimum atomic E-state index is -0.0159. The van der Waals surface area contributed by atoms with Gasteiger partial charge in [-0.05, 0) is 56.2 Å². The van der Waals surface area contributed by atoms with Crippen LogP contribution >= 0.6 is 0 Å². The lowest BCUT2D eigenvalue weighted by atomic mass is 10.1. The Morgan fingerprint density at radius 2 is 2.15 bits per heavy atom. The first kappa shape index (κ1) is 13.4. The van der Waals surface area contributed by atoms with Crippen LogP contribution in [-0.2, 0) is 0 Å². The van der Waals surface area contributed by atoms with E-state index in [0.29, 0.717) is 6.04 Å². The van der Waals surface area contributed by atoms with E-state index in [1.54, 1.807) is 0 Å². The van der Waals surface area contributed by atoms with Gasteiger partial charge in [0.15, 0.2) is 0 Å². The number of nitrogens with two attached hydrogens (primary N) is 1. The third-order valence-corrected chi connectivity index (χ3v) is 4.06. The summed E-state index contributed by atoms with van der Waals surface area (Å²) in [7, 11) is 0. The average molecular weight is 273 g/mol. The van der Waals surface area contributed by atoms with Gasteiger partial charge in [-0.25, -0.2) is 4.79 Å². The second-order valence-electron chi connectivity index (χ2n) is 6.17. The van der Waals surface area contributed by atoms with E-state index < -0.39 is 0 Å². The van der Waals surface area contributed by atoms with Gasteiger partial charge in [-0.3, -0.25) is 0 Å². The van der Waals surface area contributed by atoms with E-state index in [2.05, 4.69) is 5.32 Å². The smallest absolute Gasteiger partial charge is 0.322 e. The molecule has 0 aromatic heterocycles. The molecule has 1 unspecified atom stereocenters. The fourth-order valence-corrected chi connectivity index (χ4v) is 2.46. The SMILES string of the molecule is CC(N)c1cccc(NC(=O)N(CC2CC2)C2CC2)c1. The van der Waals surface area contributed by atoms with Gasteiger partial charge in [0.25, 0.3) is 0 Å². The van der Waals surface area contributed by atoms with E-state index in [0.717, 1.165) is 36.6 Å². The van der Waals surface area contributed by atoms with Crippen molar-refractivity contribution < 1.29 is 4.79 Å². The highest BCUT2D eigenvalue weighted by Crippen LogP contribution is 2.35. The third-order valence-electron chi connectivity index (χ3n) is 4.06. The molecule has 1 aromatic carbocycles. The standard InChI is InChI=1S/C16H23N3O/c1-11(17)13-3-2-4-14(9-13)18-16(20)19(15-7-8-15)10-12-5-6-12/h2-4,9,11-12,15H,5-8,10,17H2,1H3,(H,18,20). The van der Waals surface area contributed by atoms with Crippen LogP contribution in [0.3, 0.4) is 0 Å². The van der Waals surface area contributed by atoms with Gasteiger partial charge in [0.2, 0.25) is 0 Å². The molecule has 2 amide bonds. The fraction of sp³-hybridized carbons (Fsp3) is 0.562. The Balaban J connectivity index is 1.65. The molecule has 0 spiro atoms. The molecule has 1 aromatic rings. The van der Waals surface area contributed by atoms with Crippen molar-refractivity contribution in [3.8, 4) is 0 Å². The topological polar surface area (TPSA) is 58.4 Å². The number of nitrogens with one attached hydrogen (secondary N) is 1. The van der Waals surface area contributed by atoms with E-state index in [1.807, 2.05) is 36.1 Å². The molecule has 1 atom stereocenters. The fourth-order valence-electron chi connectivity index (χ4n) is 2.46. The maximum atomic E-state index is 12.4. The van der Waals surface area contributed by atoms with Crippen LogP contribution < -0.4 is 11.1 Å². The van der Waals surface area contributed by atoms with Crippen molar-refractivity contribution in [3.63, 3.8) is 0 Å². The van der Waals surface area contributed by atoms with Crippen molar-refractivity contribution in [2.24, 2.45) is 11.7 Å². The Bertz CT molecular complexity index is 492. The van der Waals surface area contributed by atoms with Crippen molar-refractivity contribution in [1.29, 1.82) is 0 Å². The number of anilines is 1. The molecule has 3 rings (SSSR count). The predicted octanol–water partition coefficient (Wildman–Crippen LogP) is 3.11. The predicted molar refractivity (Wildman–Crippen MR) is 80.5 cm³/mol. The van der Waals surface area contributed by atoms with Crippen molar-refractivity contribution in [2.75, 3.05) is 11.9 Å². The number of hydrogen-bond acceptors (Lipinski definition) is 2. The lowest BCUT2D eigenvalue weighted by Gasteiger charge is -2.23. The first-order chi connectivity index (χ1) is 9.63. The van der Waals surface area contributed by atoms with Gasteiger partial charge < -0.3 is 16.0 Å². The summed E-state index contributed by atoms with van der Waals surface area (Å²) in [5.41, 5.74) is 7.77. The number of nitrogens with zero attached hydrogens (tertiary/aromatic N) is 1. The molecule has 2 saturated carbocycles. The van der Waals surface area contributed by atoms with E-state index in [1.165, 1.54) is 12.8 Å². The molecular formula is C16H23N3O. The number of carbonyl (C=O) groups is 1. The maximum absolute atomic E-state index is 12.4. The summed E-state index contributed by atoms with van der Waals surface area (Å²) in [6.07, 6.45) is 4.85. The number of rotatable bonds is 5. The highest BCUT2D eigenvalue weighted by atomic mass is 16.2. The lowest BCUT2D eigenvalue weighted by Crippen LogP contribution is -2.38. The number of urea groups is 1. The molecule has 0 bridgehead atoms. The van der Waals surface area contributed by atoms with Gasteiger partial charge >= 0.3 is 6.03 Å². The quantitative estimate of drug-likeness (QED) is 0.866. The van der Waals surface area contributed by atoms with E-state index in [4.69, 9.17) is 5.73 Å². The van der Waals surface area contributed by atoms with Gasteiger partial charge in [-0.15, -0.1) is 0 Å². The van der Waals surface area contributed by atoms with E-state index >= 15 is 0 Å². The summed E-state index contributed by atoms with van der Waals surface area (Å²) < 4.78 is 0. The molecular weight excluding hydrogens is 250 g/mol. The van der Waals surface area contributed by atoms with Crippen LogP contribution in [0.4, 0.5) is 10.5 Å². The Hall–Kier alpha value is -1.55. The highest BCUT2D eigenvalue weighted by molar-refractivity contribution is 5.89. The van der Waals surface area contributed by atoms with Crippen LogP contribution in [0.25, 0.3) is 0 Å². The highest BCUT2D eigenvalue weighted by Gasteiger charge is 2.36. The minimum absolute atomic E-state index is 0.0159. The Morgan fingerprint density at radius 1 is 1.40 bits per heavy atom. The van der Waals surface area contributed by atoms with Crippen LogP contribution in [0.1, 0.15) is 44.2 Å². The normalized spacial score (nSPS) is 19.5. The molecule has 0 heterocycles. The van der Waals surface area contributed by atoms with Crippen LogP contribution in [0.2, 0.25) is 0 Å². The van der Waals surface area contributed by atoms with E-state index in [-0.39, 0.29) is 12.1 Å². The number of hydrogen-bond donors (Lipinski definition) is 2. The van der Waals surface area contributed by atoms with Crippen molar-refractivity contribution in [3.05, 3.63) is 29.8 Å². The lowest BCUT2D eigenvalue weighted by molar-refractivity contribution is 0.206. The molecule has 20 heavy (non-hydrogen) atoms. The average Bonchev–Trinajstić information content (AvgIpc) is 3.28. The molecule has 2 aliphatic rings. The van der Waals surface area contributed by atoms with Gasteiger partial charge in [0.05, 0.1) is 0 Å². The van der Waals surface area contributed by atoms with Crippen molar-refractivity contribution >= 4 is 11.7 Å². The zero-order chi connectivity index (χ0) is 14.1. The summed E-state index contributed by atoms with van der Waals surface area (Å²) in [5, 5.41) is 3.02. The van der Waals surface area contributed by atoms with E-state index in [9.17, 15) is 4.79 Å². The largest absolute Gasteiger partial charge is 0.324 e. The van der Waals surface area contributed by atoms with Gasteiger partial charge in [-0.1, -0.05) is 12.1 Å². The molecule has 108 valence electrons.